The first-order valence-electron chi connectivity index (χ1n) is 6.35. The molecule has 17 heavy (non-hydrogen) atoms. The van der Waals surface area contributed by atoms with Gasteiger partial charge >= 0.3 is 0 Å². The first-order valence-corrected chi connectivity index (χ1v) is 6.35. The molecule has 0 aliphatic heterocycles. The van der Waals surface area contributed by atoms with Gasteiger partial charge in [-0.2, -0.15) is 0 Å². The van der Waals surface area contributed by atoms with Crippen molar-refractivity contribution in [2.45, 2.75) is 26.2 Å². The number of rotatable bonds is 12. The van der Waals surface area contributed by atoms with Gasteiger partial charge in [-0.05, 0) is 19.4 Å². The van der Waals surface area contributed by atoms with Crippen LogP contribution in [0.3, 0.4) is 0 Å². The molecule has 0 atom stereocenters. The Morgan fingerprint density at radius 2 is 1.94 bits per heavy atom. The third kappa shape index (κ3) is 13.3. The van der Waals surface area contributed by atoms with Crippen molar-refractivity contribution in [2.75, 3.05) is 46.6 Å². The SMILES string of the molecule is CCCNC(=O)CCNCCCOCCOC. The van der Waals surface area contributed by atoms with Gasteiger partial charge in [0.1, 0.15) is 0 Å². The second-order valence-electron chi connectivity index (χ2n) is 3.81. The molecule has 0 aliphatic rings. The van der Waals surface area contributed by atoms with E-state index in [0.29, 0.717) is 19.6 Å². The summed E-state index contributed by atoms with van der Waals surface area (Å²) in [5.41, 5.74) is 0. The van der Waals surface area contributed by atoms with E-state index in [-0.39, 0.29) is 5.91 Å². The summed E-state index contributed by atoms with van der Waals surface area (Å²) in [6.45, 7) is 6.45. The van der Waals surface area contributed by atoms with Crippen LogP contribution in [0.1, 0.15) is 26.2 Å². The lowest BCUT2D eigenvalue weighted by Gasteiger charge is -2.06. The lowest BCUT2D eigenvalue weighted by molar-refractivity contribution is -0.120. The smallest absolute Gasteiger partial charge is 0.221 e. The number of hydrogen-bond acceptors (Lipinski definition) is 4. The topological polar surface area (TPSA) is 59.6 Å². The maximum Gasteiger partial charge on any atom is 0.221 e. The van der Waals surface area contributed by atoms with Gasteiger partial charge in [0, 0.05) is 33.2 Å². The van der Waals surface area contributed by atoms with Gasteiger partial charge in [0.15, 0.2) is 0 Å². The molecule has 0 aromatic rings. The summed E-state index contributed by atoms with van der Waals surface area (Å²) < 4.78 is 10.2. The highest BCUT2D eigenvalue weighted by Gasteiger charge is 1.98. The number of nitrogens with one attached hydrogen (secondary N) is 2. The molecule has 0 rings (SSSR count). The van der Waals surface area contributed by atoms with Crippen LogP contribution in [0, 0.1) is 0 Å². The van der Waals surface area contributed by atoms with E-state index < -0.39 is 0 Å². The molecule has 0 aliphatic carbocycles. The van der Waals surface area contributed by atoms with Crippen molar-refractivity contribution < 1.29 is 14.3 Å². The minimum Gasteiger partial charge on any atom is -0.382 e. The molecule has 2 N–H and O–H groups in total. The Morgan fingerprint density at radius 3 is 2.65 bits per heavy atom. The maximum atomic E-state index is 11.2. The zero-order valence-electron chi connectivity index (χ0n) is 11.1. The Bertz CT molecular complexity index is 177. The molecule has 0 aromatic heterocycles. The Morgan fingerprint density at radius 1 is 1.12 bits per heavy atom. The predicted octanol–water partition coefficient (Wildman–Crippen LogP) is 0.545. The molecule has 5 heteroatoms. The van der Waals surface area contributed by atoms with E-state index in [2.05, 4.69) is 10.6 Å². The van der Waals surface area contributed by atoms with E-state index in [1.165, 1.54) is 0 Å². The zero-order valence-corrected chi connectivity index (χ0v) is 11.1. The molecular weight excluding hydrogens is 220 g/mol. The molecule has 1 amide bonds. The number of amides is 1. The molecule has 0 saturated heterocycles. The monoisotopic (exact) mass is 246 g/mol. The number of carbonyl (C=O) groups excluding carboxylic acids is 1. The minimum atomic E-state index is 0.121. The lowest BCUT2D eigenvalue weighted by atomic mass is 10.3. The summed E-state index contributed by atoms with van der Waals surface area (Å²) in [6, 6.07) is 0. The minimum absolute atomic E-state index is 0.121. The van der Waals surface area contributed by atoms with Crippen LogP contribution in [0.15, 0.2) is 0 Å². The van der Waals surface area contributed by atoms with Crippen molar-refractivity contribution in [3.05, 3.63) is 0 Å². The average molecular weight is 246 g/mol. The number of hydrogen-bond donors (Lipinski definition) is 2. The van der Waals surface area contributed by atoms with E-state index in [9.17, 15) is 4.79 Å². The lowest BCUT2D eigenvalue weighted by Crippen LogP contribution is -2.28. The van der Waals surface area contributed by atoms with Crippen LogP contribution in [0.25, 0.3) is 0 Å². The van der Waals surface area contributed by atoms with Crippen LogP contribution >= 0.6 is 0 Å². The van der Waals surface area contributed by atoms with Crippen molar-refractivity contribution in [3.63, 3.8) is 0 Å². The Balaban J connectivity index is 3.05. The van der Waals surface area contributed by atoms with Gasteiger partial charge in [-0.15, -0.1) is 0 Å². The van der Waals surface area contributed by atoms with Crippen LogP contribution in [-0.2, 0) is 14.3 Å². The van der Waals surface area contributed by atoms with Crippen molar-refractivity contribution in [3.8, 4) is 0 Å². The number of ether oxygens (including phenoxy) is 2. The van der Waals surface area contributed by atoms with Crippen LogP contribution in [0.5, 0.6) is 0 Å². The van der Waals surface area contributed by atoms with Gasteiger partial charge in [0.25, 0.3) is 0 Å². The normalized spacial score (nSPS) is 10.5. The van der Waals surface area contributed by atoms with Gasteiger partial charge < -0.3 is 20.1 Å². The van der Waals surface area contributed by atoms with E-state index in [1.54, 1.807) is 7.11 Å². The fraction of sp³-hybridized carbons (Fsp3) is 0.917. The molecule has 0 saturated carbocycles. The molecule has 0 spiro atoms. The number of methoxy groups -OCH3 is 1. The molecule has 102 valence electrons. The molecular formula is C12H26N2O3. The molecule has 0 aromatic carbocycles. The fourth-order valence-electron chi connectivity index (χ4n) is 1.22. The second kappa shape index (κ2) is 13.4. The standard InChI is InChI=1S/C12H26N2O3/c1-3-6-14-12(15)5-8-13-7-4-9-17-11-10-16-2/h13H,3-11H2,1-2H3,(H,14,15). The summed E-state index contributed by atoms with van der Waals surface area (Å²) in [5.74, 6) is 0.121. The van der Waals surface area contributed by atoms with Gasteiger partial charge in [-0.1, -0.05) is 6.92 Å². The second-order valence-corrected chi connectivity index (χ2v) is 3.81. The largest absolute Gasteiger partial charge is 0.382 e. The van der Waals surface area contributed by atoms with E-state index in [4.69, 9.17) is 9.47 Å². The molecule has 0 bridgehead atoms. The molecule has 0 radical (unpaired) electrons. The van der Waals surface area contributed by atoms with Crippen molar-refractivity contribution in [2.24, 2.45) is 0 Å². The third-order valence-electron chi connectivity index (χ3n) is 2.18. The summed E-state index contributed by atoms with van der Waals surface area (Å²) in [7, 11) is 1.66. The van der Waals surface area contributed by atoms with Crippen molar-refractivity contribution in [1.82, 2.24) is 10.6 Å². The van der Waals surface area contributed by atoms with Crippen LogP contribution in [0.2, 0.25) is 0 Å². The van der Waals surface area contributed by atoms with Crippen LogP contribution < -0.4 is 10.6 Å². The first kappa shape index (κ1) is 16.4. The number of carbonyl (C=O) groups is 1. The van der Waals surface area contributed by atoms with Crippen molar-refractivity contribution in [1.29, 1.82) is 0 Å². The van der Waals surface area contributed by atoms with Crippen LogP contribution in [0.4, 0.5) is 0 Å². The molecule has 0 heterocycles. The highest BCUT2D eigenvalue weighted by atomic mass is 16.5. The van der Waals surface area contributed by atoms with Crippen LogP contribution in [-0.4, -0.2) is 52.5 Å². The quantitative estimate of drug-likeness (QED) is 0.494. The molecule has 5 nitrogen and oxygen atoms in total. The van der Waals surface area contributed by atoms with Gasteiger partial charge in [-0.25, -0.2) is 0 Å². The Kier molecular flexibility index (Phi) is 12.9. The third-order valence-corrected chi connectivity index (χ3v) is 2.18. The maximum absolute atomic E-state index is 11.2. The van der Waals surface area contributed by atoms with Crippen molar-refractivity contribution >= 4 is 5.91 Å². The van der Waals surface area contributed by atoms with E-state index >= 15 is 0 Å². The highest BCUT2D eigenvalue weighted by molar-refractivity contribution is 5.75. The average Bonchev–Trinajstić information content (AvgIpc) is 2.34. The predicted molar refractivity (Wildman–Crippen MR) is 68.1 cm³/mol. The van der Waals surface area contributed by atoms with E-state index in [1.807, 2.05) is 6.92 Å². The summed E-state index contributed by atoms with van der Waals surface area (Å²) >= 11 is 0. The first-order chi connectivity index (χ1) is 8.31. The Hall–Kier alpha value is -0.650. The van der Waals surface area contributed by atoms with E-state index in [0.717, 1.165) is 39.1 Å². The van der Waals surface area contributed by atoms with Gasteiger partial charge in [-0.3, -0.25) is 4.79 Å². The summed E-state index contributed by atoms with van der Waals surface area (Å²) in [4.78, 5) is 11.2. The fourth-order valence-corrected chi connectivity index (χ4v) is 1.22. The zero-order chi connectivity index (χ0) is 12.8. The summed E-state index contributed by atoms with van der Waals surface area (Å²) in [6.07, 6.45) is 2.49. The van der Waals surface area contributed by atoms with Gasteiger partial charge in [0.05, 0.1) is 13.2 Å². The highest BCUT2D eigenvalue weighted by Crippen LogP contribution is 1.83. The van der Waals surface area contributed by atoms with Gasteiger partial charge in [0.2, 0.25) is 5.91 Å². The summed E-state index contributed by atoms with van der Waals surface area (Å²) in [5, 5.41) is 6.05. The molecule has 0 fully saturated rings. The molecule has 0 unspecified atom stereocenters. The Labute approximate surface area is 104 Å².